The number of halogens is 3. The highest BCUT2D eigenvalue weighted by Gasteiger charge is 2.37. The van der Waals surface area contributed by atoms with Gasteiger partial charge in [0.15, 0.2) is 0 Å². The van der Waals surface area contributed by atoms with Gasteiger partial charge in [0.25, 0.3) is 6.47 Å². The molecule has 0 radical (unpaired) electrons. The molecule has 0 saturated heterocycles. The van der Waals surface area contributed by atoms with Gasteiger partial charge in [-0.1, -0.05) is 0 Å². The van der Waals surface area contributed by atoms with Gasteiger partial charge in [0, 0.05) is 17.8 Å². The maximum absolute atomic E-state index is 12.6. The number of nitrogens with one attached hydrogen (secondary N) is 1. The second-order valence-corrected chi connectivity index (χ2v) is 5.78. The van der Waals surface area contributed by atoms with Gasteiger partial charge >= 0.3 is 6.18 Å². The Morgan fingerprint density at radius 2 is 2.09 bits per heavy atom. The summed E-state index contributed by atoms with van der Waals surface area (Å²) in [5, 5.41) is 3.32. The van der Waals surface area contributed by atoms with Crippen molar-refractivity contribution in [2.24, 2.45) is 11.7 Å². The minimum absolute atomic E-state index is 0.297. The molecule has 3 N–H and O–H groups in total. The number of alkyl halides is 3. The zero-order chi connectivity index (χ0) is 17.0. The maximum atomic E-state index is 12.6. The number of benzene rings is 1. The Labute approximate surface area is 133 Å². The molecule has 2 atom stereocenters. The Balaban J connectivity index is 0.000000338. The lowest BCUT2D eigenvalue weighted by atomic mass is 9.90. The summed E-state index contributed by atoms with van der Waals surface area (Å²) in [6.45, 7) is 2.66. The molecular weight excluding hydrogens is 309 g/mol. The first-order valence-electron chi connectivity index (χ1n) is 7.65. The van der Waals surface area contributed by atoms with E-state index in [0.717, 1.165) is 18.2 Å². The number of fused-ring (bicyclic) bond motifs is 1. The molecule has 1 aliphatic heterocycles. The van der Waals surface area contributed by atoms with Crippen LogP contribution in [0.1, 0.15) is 43.4 Å². The highest BCUT2D eigenvalue weighted by molar-refractivity contribution is 5.57. The Hall–Kier alpha value is -1.76. The van der Waals surface area contributed by atoms with Crippen molar-refractivity contribution in [3.63, 3.8) is 0 Å². The molecule has 1 aromatic carbocycles. The first-order valence-corrected chi connectivity index (χ1v) is 7.65. The molecule has 0 spiro atoms. The molecule has 3 rings (SSSR count). The molecule has 0 aromatic heterocycles. The fraction of sp³-hybridized carbons (Fsp3) is 0.562. The van der Waals surface area contributed by atoms with Gasteiger partial charge in [0.05, 0.1) is 12.2 Å². The van der Waals surface area contributed by atoms with Crippen molar-refractivity contribution >= 4 is 12.2 Å². The summed E-state index contributed by atoms with van der Waals surface area (Å²) in [6, 6.07) is 3.83. The summed E-state index contributed by atoms with van der Waals surface area (Å²) < 4.78 is 42.1. The van der Waals surface area contributed by atoms with Crippen molar-refractivity contribution in [2.45, 2.75) is 44.4 Å². The number of carbonyl (C=O) groups is 1. The van der Waals surface area contributed by atoms with Crippen LogP contribution in [-0.4, -0.2) is 19.1 Å². The smallest absolute Gasteiger partial charge is 0.416 e. The third kappa shape index (κ3) is 4.60. The van der Waals surface area contributed by atoms with Crippen molar-refractivity contribution in [3.05, 3.63) is 29.3 Å². The number of ether oxygens (including phenoxy) is 1. The molecule has 2 aliphatic rings. The monoisotopic (exact) mass is 330 g/mol. The van der Waals surface area contributed by atoms with Gasteiger partial charge in [0.2, 0.25) is 0 Å². The molecule has 23 heavy (non-hydrogen) atoms. The average molecular weight is 330 g/mol. The molecule has 4 nitrogen and oxygen atoms in total. The average Bonchev–Trinajstić information content (AvgIpc) is 3.32. The molecular formula is C16H21F3N2O2. The van der Waals surface area contributed by atoms with Crippen LogP contribution in [0.4, 0.5) is 18.9 Å². The van der Waals surface area contributed by atoms with E-state index in [1.807, 2.05) is 0 Å². The molecule has 128 valence electrons. The third-order valence-electron chi connectivity index (χ3n) is 4.05. The number of hydrogen-bond acceptors (Lipinski definition) is 4. The van der Waals surface area contributed by atoms with E-state index in [-0.39, 0.29) is 6.04 Å². The first kappa shape index (κ1) is 17.6. The van der Waals surface area contributed by atoms with Crippen LogP contribution in [0.15, 0.2) is 18.2 Å². The number of hydrogen-bond donors (Lipinski definition) is 2. The van der Waals surface area contributed by atoms with E-state index in [9.17, 15) is 18.0 Å². The number of carbonyl (C=O) groups excluding carboxylic acids is 1. The summed E-state index contributed by atoms with van der Waals surface area (Å²) in [5.74, 6) is 0.645. The standard InChI is InChI=1S/C13H15F3N2.C3H6O2/c14-13(15,16)8-3-4-11-9(5-8)10(17)6-12(18-11)7-1-2-7;1-2-5-3-4/h3-5,7,10,12,18H,1-2,6,17H2;3H,2H2,1H3/t10-,12-;/m0./s1. The predicted molar refractivity (Wildman–Crippen MR) is 80.8 cm³/mol. The second-order valence-electron chi connectivity index (χ2n) is 5.78. The highest BCUT2D eigenvalue weighted by atomic mass is 19.4. The van der Waals surface area contributed by atoms with Crippen LogP contribution in [-0.2, 0) is 15.7 Å². The Bertz CT molecular complexity index is 545. The minimum Gasteiger partial charge on any atom is -0.468 e. The molecule has 1 aliphatic carbocycles. The lowest BCUT2D eigenvalue weighted by Crippen LogP contribution is -2.33. The Morgan fingerprint density at radius 1 is 1.39 bits per heavy atom. The first-order chi connectivity index (χ1) is 10.9. The van der Waals surface area contributed by atoms with E-state index in [1.54, 1.807) is 6.92 Å². The zero-order valence-corrected chi connectivity index (χ0v) is 12.9. The number of anilines is 1. The molecule has 7 heteroatoms. The maximum Gasteiger partial charge on any atom is 0.416 e. The fourth-order valence-electron chi connectivity index (χ4n) is 2.71. The zero-order valence-electron chi connectivity index (χ0n) is 12.9. The lowest BCUT2D eigenvalue weighted by molar-refractivity contribution is -0.137. The van der Waals surface area contributed by atoms with Crippen molar-refractivity contribution in [1.29, 1.82) is 0 Å². The summed E-state index contributed by atoms with van der Waals surface area (Å²) in [5.41, 5.74) is 6.73. The van der Waals surface area contributed by atoms with Gasteiger partial charge in [-0.05, 0) is 55.9 Å². The van der Waals surface area contributed by atoms with Crippen LogP contribution in [0.2, 0.25) is 0 Å². The summed E-state index contributed by atoms with van der Waals surface area (Å²) >= 11 is 0. The van der Waals surface area contributed by atoms with Gasteiger partial charge in [-0.2, -0.15) is 13.2 Å². The fourth-order valence-corrected chi connectivity index (χ4v) is 2.71. The Kier molecular flexibility index (Phi) is 5.51. The van der Waals surface area contributed by atoms with E-state index in [4.69, 9.17) is 5.73 Å². The van der Waals surface area contributed by atoms with E-state index in [2.05, 4.69) is 10.1 Å². The Morgan fingerprint density at radius 3 is 2.57 bits per heavy atom. The topological polar surface area (TPSA) is 64.3 Å². The molecule has 1 saturated carbocycles. The molecule has 1 aromatic rings. The largest absolute Gasteiger partial charge is 0.468 e. The molecule has 0 bridgehead atoms. The van der Waals surface area contributed by atoms with Gasteiger partial charge in [-0.3, -0.25) is 4.79 Å². The van der Waals surface area contributed by atoms with Crippen LogP contribution in [0.25, 0.3) is 0 Å². The normalized spacial score (nSPS) is 23.0. The van der Waals surface area contributed by atoms with E-state index in [1.165, 1.54) is 25.0 Å². The van der Waals surface area contributed by atoms with E-state index < -0.39 is 11.7 Å². The summed E-state index contributed by atoms with van der Waals surface area (Å²) in [6.07, 6.45) is -1.19. The van der Waals surface area contributed by atoms with Crippen LogP contribution in [0.3, 0.4) is 0 Å². The predicted octanol–water partition coefficient (Wildman–Crippen LogP) is 3.48. The van der Waals surface area contributed by atoms with Crippen molar-refractivity contribution in [3.8, 4) is 0 Å². The minimum atomic E-state index is -4.30. The third-order valence-corrected chi connectivity index (χ3v) is 4.05. The molecule has 0 unspecified atom stereocenters. The summed E-state index contributed by atoms with van der Waals surface area (Å²) in [4.78, 5) is 9.18. The highest BCUT2D eigenvalue weighted by Crippen LogP contribution is 2.43. The molecule has 1 fully saturated rings. The van der Waals surface area contributed by atoms with E-state index in [0.29, 0.717) is 30.6 Å². The molecule has 1 heterocycles. The summed E-state index contributed by atoms with van der Waals surface area (Å²) in [7, 11) is 0. The van der Waals surface area contributed by atoms with Crippen LogP contribution < -0.4 is 11.1 Å². The number of rotatable bonds is 3. The second kappa shape index (κ2) is 7.21. The molecule has 0 amide bonds. The van der Waals surface area contributed by atoms with Crippen molar-refractivity contribution in [1.82, 2.24) is 0 Å². The van der Waals surface area contributed by atoms with Gasteiger partial charge in [-0.25, -0.2) is 0 Å². The van der Waals surface area contributed by atoms with E-state index >= 15 is 0 Å². The van der Waals surface area contributed by atoms with Gasteiger partial charge < -0.3 is 15.8 Å². The quantitative estimate of drug-likeness (QED) is 0.833. The van der Waals surface area contributed by atoms with Crippen LogP contribution in [0.5, 0.6) is 0 Å². The van der Waals surface area contributed by atoms with Crippen molar-refractivity contribution < 1.29 is 22.7 Å². The number of nitrogens with two attached hydrogens (primary N) is 1. The van der Waals surface area contributed by atoms with Crippen molar-refractivity contribution in [2.75, 3.05) is 11.9 Å². The van der Waals surface area contributed by atoms with Crippen LogP contribution in [0, 0.1) is 5.92 Å². The lowest BCUT2D eigenvalue weighted by Gasteiger charge is -2.32. The SMILES string of the molecule is CCOC=O.N[C@H]1C[C@@H](C2CC2)Nc2ccc(C(F)(F)F)cc21. The van der Waals surface area contributed by atoms with Gasteiger partial charge in [0.1, 0.15) is 0 Å². The van der Waals surface area contributed by atoms with Gasteiger partial charge in [-0.15, -0.1) is 0 Å². The van der Waals surface area contributed by atoms with Crippen LogP contribution >= 0.6 is 0 Å².